The van der Waals surface area contributed by atoms with Crippen LogP contribution in [0.25, 0.3) is 0 Å². The fourth-order valence-corrected chi connectivity index (χ4v) is 1.77. The van der Waals surface area contributed by atoms with E-state index >= 15 is 0 Å². The van der Waals surface area contributed by atoms with Crippen molar-refractivity contribution in [3.63, 3.8) is 0 Å². The quantitative estimate of drug-likeness (QED) is 0.859. The van der Waals surface area contributed by atoms with E-state index in [0.29, 0.717) is 22.1 Å². The highest BCUT2D eigenvalue weighted by Crippen LogP contribution is 2.14. The number of anilines is 1. The van der Waals surface area contributed by atoms with Crippen LogP contribution in [0.5, 0.6) is 0 Å². The van der Waals surface area contributed by atoms with E-state index in [1.54, 1.807) is 25.1 Å². The third-order valence-corrected chi connectivity index (χ3v) is 2.59. The van der Waals surface area contributed by atoms with Gasteiger partial charge in [-0.3, -0.25) is 4.79 Å². The van der Waals surface area contributed by atoms with Crippen molar-refractivity contribution in [1.29, 1.82) is 0 Å². The average molecular weight is 282 g/mol. The maximum Gasteiger partial charge on any atom is 0.255 e. The Labute approximate surface area is 114 Å². The van der Waals surface area contributed by atoms with Crippen molar-refractivity contribution < 1.29 is 4.79 Å². The van der Waals surface area contributed by atoms with E-state index in [1.807, 2.05) is 0 Å². The molecular weight excluding hydrogens is 273 g/mol. The molecule has 0 aromatic carbocycles. The lowest BCUT2D eigenvalue weighted by Crippen LogP contribution is -2.12. The number of halogens is 2. The number of aromatic nitrogens is 2. The standard InChI is InChI=1S/C12H9Cl2N3O/c1-7-4-8(5-11(14)16-7)12(18)17-9-2-3-10(13)15-6-9/h2-6H,1H3,(H,17,18). The highest BCUT2D eigenvalue weighted by molar-refractivity contribution is 6.30. The van der Waals surface area contributed by atoms with Gasteiger partial charge in [-0.15, -0.1) is 0 Å². The number of pyridine rings is 2. The van der Waals surface area contributed by atoms with Crippen molar-refractivity contribution in [3.05, 3.63) is 52.0 Å². The van der Waals surface area contributed by atoms with Gasteiger partial charge in [-0.2, -0.15) is 0 Å². The molecule has 1 amide bonds. The molecule has 1 N–H and O–H groups in total. The number of carbonyl (C=O) groups is 1. The normalized spacial score (nSPS) is 10.2. The number of nitrogens with zero attached hydrogens (tertiary/aromatic N) is 2. The Balaban J connectivity index is 2.19. The first-order chi connectivity index (χ1) is 8.54. The second-order valence-electron chi connectivity index (χ2n) is 3.64. The van der Waals surface area contributed by atoms with Crippen LogP contribution in [0.15, 0.2) is 30.5 Å². The summed E-state index contributed by atoms with van der Waals surface area (Å²) < 4.78 is 0. The maximum atomic E-state index is 11.9. The van der Waals surface area contributed by atoms with Gasteiger partial charge in [0.15, 0.2) is 0 Å². The number of hydrogen-bond acceptors (Lipinski definition) is 3. The van der Waals surface area contributed by atoms with E-state index in [1.165, 1.54) is 12.3 Å². The smallest absolute Gasteiger partial charge is 0.255 e. The van der Waals surface area contributed by atoms with Gasteiger partial charge in [0.05, 0.1) is 11.9 Å². The van der Waals surface area contributed by atoms with Crippen LogP contribution in [0.2, 0.25) is 10.3 Å². The van der Waals surface area contributed by atoms with E-state index in [-0.39, 0.29) is 11.1 Å². The molecule has 0 aliphatic heterocycles. The second-order valence-corrected chi connectivity index (χ2v) is 4.42. The molecule has 18 heavy (non-hydrogen) atoms. The van der Waals surface area contributed by atoms with Crippen molar-refractivity contribution in [2.24, 2.45) is 0 Å². The van der Waals surface area contributed by atoms with Gasteiger partial charge in [-0.25, -0.2) is 9.97 Å². The molecule has 0 aliphatic carbocycles. The Morgan fingerprint density at radius 3 is 2.61 bits per heavy atom. The molecule has 2 rings (SSSR count). The zero-order valence-corrected chi connectivity index (χ0v) is 11.0. The summed E-state index contributed by atoms with van der Waals surface area (Å²) in [7, 11) is 0. The van der Waals surface area contributed by atoms with Crippen LogP contribution in [0.1, 0.15) is 16.1 Å². The topological polar surface area (TPSA) is 54.9 Å². The fourth-order valence-electron chi connectivity index (χ4n) is 1.41. The molecule has 0 unspecified atom stereocenters. The maximum absolute atomic E-state index is 11.9. The molecule has 2 heterocycles. The molecule has 0 bridgehead atoms. The minimum Gasteiger partial charge on any atom is -0.321 e. The van der Waals surface area contributed by atoms with Gasteiger partial charge in [-0.1, -0.05) is 23.2 Å². The van der Waals surface area contributed by atoms with E-state index in [4.69, 9.17) is 23.2 Å². The molecule has 0 saturated carbocycles. The van der Waals surface area contributed by atoms with Gasteiger partial charge >= 0.3 is 0 Å². The van der Waals surface area contributed by atoms with Crippen molar-refractivity contribution in [1.82, 2.24) is 9.97 Å². The van der Waals surface area contributed by atoms with Gasteiger partial charge in [0.25, 0.3) is 5.91 Å². The molecule has 0 radical (unpaired) electrons. The molecule has 2 aromatic rings. The monoisotopic (exact) mass is 281 g/mol. The lowest BCUT2D eigenvalue weighted by molar-refractivity contribution is 0.102. The van der Waals surface area contributed by atoms with E-state index in [2.05, 4.69) is 15.3 Å². The largest absolute Gasteiger partial charge is 0.321 e. The number of nitrogens with one attached hydrogen (secondary N) is 1. The van der Waals surface area contributed by atoms with Gasteiger partial charge in [0.1, 0.15) is 10.3 Å². The third kappa shape index (κ3) is 3.18. The van der Waals surface area contributed by atoms with Crippen LogP contribution in [-0.2, 0) is 0 Å². The summed E-state index contributed by atoms with van der Waals surface area (Å²) in [4.78, 5) is 19.8. The third-order valence-electron chi connectivity index (χ3n) is 2.17. The summed E-state index contributed by atoms with van der Waals surface area (Å²) in [6.45, 7) is 1.77. The van der Waals surface area contributed by atoms with Gasteiger partial charge in [-0.05, 0) is 31.2 Å². The van der Waals surface area contributed by atoms with Gasteiger partial charge in [0.2, 0.25) is 0 Å². The average Bonchev–Trinajstić information content (AvgIpc) is 2.31. The Morgan fingerprint density at radius 2 is 2.00 bits per heavy atom. The molecule has 0 fully saturated rings. The van der Waals surface area contributed by atoms with Crippen LogP contribution in [-0.4, -0.2) is 15.9 Å². The number of rotatable bonds is 2. The predicted molar refractivity (Wildman–Crippen MR) is 71.2 cm³/mol. The molecule has 0 aliphatic rings. The van der Waals surface area contributed by atoms with Crippen molar-refractivity contribution >= 4 is 34.8 Å². The SMILES string of the molecule is Cc1cc(C(=O)Nc2ccc(Cl)nc2)cc(Cl)n1. The minimum absolute atomic E-state index is 0.272. The summed E-state index contributed by atoms with van der Waals surface area (Å²) in [5, 5.41) is 3.35. The lowest BCUT2D eigenvalue weighted by atomic mass is 10.2. The highest BCUT2D eigenvalue weighted by Gasteiger charge is 2.08. The van der Waals surface area contributed by atoms with Gasteiger partial charge < -0.3 is 5.32 Å². The zero-order valence-electron chi connectivity index (χ0n) is 9.45. The van der Waals surface area contributed by atoms with Crippen LogP contribution in [0.3, 0.4) is 0 Å². The van der Waals surface area contributed by atoms with E-state index < -0.39 is 0 Å². The summed E-state index contributed by atoms with van der Waals surface area (Å²) in [5.74, 6) is -0.272. The van der Waals surface area contributed by atoms with Crippen molar-refractivity contribution in [2.75, 3.05) is 5.32 Å². The lowest BCUT2D eigenvalue weighted by Gasteiger charge is -2.05. The molecule has 0 spiro atoms. The van der Waals surface area contributed by atoms with Crippen LogP contribution in [0.4, 0.5) is 5.69 Å². The first kappa shape index (κ1) is 12.8. The van der Waals surface area contributed by atoms with Crippen LogP contribution in [0, 0.1) is 6.92 Å². The number of hydrogen-bond donors (Lipinski definition) is 1. The van der Waals surface area contributed by atoms with Crippen LogP contribution >= 0.6 is 23.2 Å². The minimum atomic E-state index is -0.272. The first-order valence-electron chi connectivity index (χ1n) is 5.12. The molecule has 0 saturated heterocycles. The predicted octanol–water partition coefficient (Wildman–Crippen LogP) is 3.34. The second kappa shape index (κ2) is 5.33. The van der Waals surface area contributed by atoms with E-state index in [9.17, 15) is 4.79 Å². The Kier molecular flexibility index (Phi) is 3.79. The summed E-state index contributed by atoms with van der Waals surface area (Å²) in [5.41, 5.74) is 1.69. The van der Waals surface area contributed by atoms with Crippen LogP contribution < -0.4 is 5.32 Å². The summed E-state index contributed by atoms with van der Waals surface area (Å²) in [6.07, 6.45) is 1.48. The number of carbonyl (C=O) groups excluding carboxylic acids is 1. The Morgan fingerprint density at radius 1 is 1.22 bits per heavy atom. The van der Waals surface area contributed by atoms with E-state index in [0.717, 1.165) is 0 Å². The molecule has 92 valence electrons. The van der Waals surface area contributed by atoms with Crippen molar-refractivity contribution in [3.8, 4) is 0 Å². The summed E-state index contributed by atoms with van der Waals surface area (Å²) >= 11 is 11.5. The highest BCUT2D eigenvalue weighted by atomic mass is 35.5. The number of amides is 1. The Hall–Kier alpha value is -1.65. The van der Waals surface area contributed by atoms with Crippen molar-refractivity contribution in [2.45, 2.75) is 6.92 Å². The van der Waals surface area contributed by atoms with Gasteiger partial charge in [0, 0.05) is 11.3 Å². The number of aryl methyl sites for hydroxylation is 1. The first-order valence-corrected chi connectivity index (χ1v) is 5.87. The molecule has 6 heteroatoms. The zero-order chi connectivity index (χ0) is 13.1. The fraction of sp³-hybridized carbons (Fsp3) is 0.0833. The Bertz CT molecular complexity index is 564. The molecular formula is C12H9Cl2N3O. The molecule has 0 atom stereocenters. The molecule has 2 aromatic heterocycles. The summed E-state index contributed by atoms with van der Waals surface area (Å²) in [6, 6.07) is 6.43. The molecule has 4 nitrogen and oxygen atoms in total.